The SMILES string of the molecule is COCCCN1CCOc2ccc(COC3CNCCC3c3ccc(COc4cccc5[nH]ccc45)cc3)cc21. The van der Waals surface area contributed by atoms with Gasteiger partial charge < -0.3 is 34.1 Å². The summed E-state index contributed by atoms with van der Waals surface area (Å²) in [5.74, 6) is 2.22. The van der Waals surface area contributed by atoms with Crippen LogP contribution in [0.4, 0.5) is 5.69 Å². The van der Waals surface area contributed by atoms with Crippen LogP contribution in [0.25, 0.3) is 10.9 Å². The fourth-order valence-corrected chi connectivity index (χ4v) is 5.83. The molecule has 7 nitrogen and oxygen atoms in total. The molecule has 4 aromatic rings. The van der Waals surface area contributed by atoms with Crippen LogP contribution in [0.3, 0.4) is 0 Å². The summed E-state index contributed by atoms with van der Waals surface area (Å²) in [5.41, 5.74) is 5.91. The number of methoxy groups -OCH3 is 1. The second-order valence-corrected chi connectivity index (χ2v) is 10.7. The van der Waals surface area contributed by atoms with Crippen LogP contribution in [0.2, 0.25) is 0 Å². The summed E-state index contributed by atoms with van der Waals surface area (Å²) < 4.78 is 23.9. The monoisotopic (exact) mass is 541 g/mol. The van der Waals surface area contributed by atoms with E-state index in [0.717, 1.165) is 85.9 Å². The van der Waals surface area contributed by atoms with Crippen LogP contribution >= 0.6 is 0 Å². The van der Waals surface area contributed by atoms with Crippen molar-refractivity contribution in [1.29, 1.82) is 0 Å². The van der Waals surface area contributed by atoms with E-state index in [9.17, 15) is 0 Å². The van der Waals surface area contributed by atoms with Gasteiger partial charge in [-0.1, -0.05) is 36.4 Å². The third-order valence-corrected chi connectivity index (χ3v) is 8.01. The summed E-state index contributed by atoms with van der Waals surface area (Å²) in [7, 11) is 1.76. The molecule has 7 heteroatoms. The van der Waals surface area contributed by atoms with Crippen LogP contribution in [-0.2, 0) is 22.7 Å². The first-order valence-corrected chi connectivity index (χ1v) is 14.4. The molecule has 2 aliphatic rings. The molecule has 2 aliphatic heterocycles. The highest BCUT2D eigenvalue weighted by atomic mass is 16.5. The average Bonchev–Trinajstić information content (AvgIpc) is 3.49. The molecule has 1 saturated heterocycles. The van der Waals surface area contributed by atoms with Crippen LogP contribution < -0.4 is 19.7 Å². The van der Waals surface area contributed by atoms with Gasteiger partial charge in [0.25, 0.3) is 0 Å². The van der Waals surface area contributed by atoms with Gasteiger partial charge in [0, 0.05) is 49.8 Å². The largest absolute Gasteiger partial charge is 0.490 e. The summed E-state index contributed by atoms with van der Waals surface area (Å²) in [6.45, 7) is 6.34. The van der Waals surface area contributed by atoms with Gasteiger partial charge >= 0.3 is 0 Å². The zero-order valence-electron chi connectivity index (χ0n) is 23.2. The molecule has 3 heterocycles. The molecule has 210 valence electrons. The third kappa shape index (κ3) is 6.12. The highest BCUT2D eigenvalue weighted by Crippen LogP contribution is 2.34. The van der Waals surface area contributed by atoms with Crippen molar-refractivity contribution in [1.82, 2.24) is 10.3 Å². The van der Waals surface area contributed by atoms with Gasteiger partial charge in [-0.2, -0.15) is 0 Å². The van der Waals surface area contributed by atoms with Gasteiger partial charge in [0.1, 0.15) is 24.7 Å². The minimum Gasteiger partial charge on any atom is -0.490 e. The molecular weight excluding hydrogens is 502 g/mol. The Kier molecular flexibility index (Phi) is 8.52. The van der Waals surface area contributed by atoms with E-state index in [-0.39, 0.29) is 6.10 Å². The first-order chi connectivity index (χ1) is 19.8. The van der Waals surface area contributed by atoms with Gasteiger partial charge in [0.2, 0.25) is 0 Å². The van der Waals surface area contributed by atoms with Crippen LogP contribution in [0.5, 0.6) is 11.5 Å². The van der Waals surface area contributed by atoms with Crippen molar-refractivity contribution in [3.8, 4) is 11.5 Å². The molecule has 1 aromatic heterocycles. The molecule has 0 aliphatic carbocycles. The number of piperidine rings is 1. The zero-order valence-corrected chi connectivity index (χ0v) is 23.2. The Bertz CT molecular complexity index is 1390. The van der Waals surface area contributed by atoms with Crippen molar-refractivity contribution in [2.24, 2.45) is 0 Å². The van der Waals surface area contributed by atoms with Gasteiger partial charge in [-0.05, 0) is 66.4 Å². The Morgan fingerprint density at radius 1 is 1.00 bits per heavy atom. The minimum absolute atomic E-state index is 0.118. The van der Waals surface area contributed by atoms with E-state index in [1.54, 1.807) is 7.11 Å². The Morgan fingerprint density at radius 3 is 2.80 bits per heavy atom. The summed E-state index contributed by atoms with van der Waals surface area (Å²) in [6, 6.07) is 23.5. The number of hydrogen-bond donors (Lipinski definition) is 2. The molecule has 0 spiro atoms. The van der Waals surface area contributed by atoms with Crippen molar-refractivity contribution in [2.75, 3.05) is 51.4 Å². The molecule has 0 saturated carbocycles. The lowest BCUT2D eigenvalue weighted by Gasteiger charge is -2.33. The first kappa shape index (κ1) is 26.7. The van der Waals surface area contributed by atoms with E-state index in [4.69, 9.17) is 18.9 Å². The standard InChI is InChI=1S/C33H39N3O4/c1-37-18-3-16-36-17-19-38-32-11-8-25(20-30(32)36)23-40-33-21-34-14-12-27(33)26-9-6-24(7-10-26)22-39-31-5-2-4-29-28(31)13-15-35-29/h2,4-11,13,15,20,27,33-35H,3,12,14,16-19,21-23H2,1H3. The number of benzene rings is 3. The molecule has 0 radical (unpaired) electrons. The van der Waals surface area contributed by atoms with E-state index < -0.39 is 0 Å². The van der Waals surface area contributed by atoms with Crippen molar-refractivity contribution >= 4 is 16.6 Å². The number of fused-ring (bicyclic) bond motifs is 2. The average molecular weight is 542 g/mol. The fourth-order valence-electron chi connectivity index (χ4n) is 5.83. The summed E-state index contributed by atoms with van der Waals surface area (Å²) >= 11 is 0. The highest BCUT2D eigenvalue weighted by molar-refractivity contribution is 5.85. The topological polar surface area (TPSA) is 68.0 Å². The Balaban J connectivity index is 1.08. The molecular formula is C33H39N3O4. The van der Waals surface area contributed by atoms with E-state index >= 15 is 0 Å². The number of nitrogens with one attached hydrogen (secondary N) is 2. The second kappa shape index (κ2) is 12.8. The summed E-state index contributed by atoms with van der Waals surface area (Å²) in [6.07, 6.45) is 4.12. The van der Waals surface area contributed by atoms with Crippen LogP contribution in [0.1, 0.15) is 35.4 Å². The van der Waals surface area contributed by atoms with Crippen molar-refractivity contribution in [2.45, 2.75) is 38.1 Å². The number of aromatic nitrogens is 1. The lowest BCUT2D eigenvalue weighted by molar-refractivity contribution is 0.0106. The van der Waals surface area contributed by atoms with Gasteiger partial charge in [0.05, 0.1) is 24.9 Å². The molecule has 40 heavy (non-hydrogen) atoms. The maximum absolute atomic E-state index is 6.56. The molecule has 2 unspecified atom stereocenters. The van der Waals surface area contributed by atoms with E-state index in [2.05, 4.69) is 69.8 Å². The van der Waals surface area contributed by atoms with Crippen molar-refractivity contribution in [3.05, 3.63) is 89.6 Å². The number of ether oxygens (including phenoxy) is 4. The minimum atomic E-state index is 0.118. The van der Waals surface area contributed by atoms with Crippen LogP contribution in [0, 0.1) is 0 Å². The van der Waals surface area contributed by atoms with Crippen molar-refractivity contribution in [3.63, 3.8) is 0 Å². The Hall–Kier alpha value is -3.52. The first-order valence-electron chi connectivity index (χ1n) is 14.4. The molecule has 6 rings (SSSR count). The number of rotatable bonds is 11. The smallest absolute Gasteiger partial charge is 0.142 e. The van der Waals surface area contributed by atoms with E-state index in [1.165, 1.54) is 11.1 Å². The molecule has 2 N–H and O–H groups in total. The Morgan fingerprint density at radius 2 is 1.90 bits per heavy atom. The molecule has 3 aromatic carbocycles. The molecule has 2 atom stereocenters. The van der Waals surface area contributed by atoms with Gasteiger partial charge in [-0.15, -0.1) is 0 Å². The summed E-state index contributed by atoms with van der Waals surface area (Å²) in [4.78, 5) is 5.64. The lowest BCUT2D eigenvalue weighted by Crippen LogP contribution is -2.41. The van der Waals surface area contributed by atoms with Gasteiger partial charge in [-0.3, -0.25) is 0 Å². The Labute approximate surface area is 236 Å². The van der Waals surface area contributed by atoms with Crippen LogP contribution in [-0.4, -0.2) is 57.6 Å². The fraction of sp³-hybridized carbons (Fsp3) is 0.394. The normalized spacial score (nSPS) is 18.9. The highest BCUT2D eigenvalue weighted by Gasteiger charge is 2.27. The predicted octanol–water partition coefficient (Wildman–Crippen LogP) is 5.64. The third-order valence-electron chi connectivity index (χ3n) is 8.01. The zero-order chi connectivity index (χ0) is 27.1. The number of H-pyrrole nitrogens is 1. The quantitative estimate of drug-likeness (QED) is 0.240. The lowest BCUT2D eigenvalue weighted by atomic mass is 9.87. The molecule has 1 fully saturated rings. The number of aromatic amines is 1. The maximum atomic E-state index is 6.56. The predicted molar refractivity (Wildman–Crippen MR) is 159 cm³/mol. The van der Waals surface area contributed by atoms with Crippen LogP contribution in [0.15, 0.2) is 72.9 Å². The van der Waals surface area contributed by atoms with E-state index in [0.29, 0.717) is 19.1 Å². The van der Waals surface area contributed by atoms with Gasteiger partial charge in [0.15, 0.2) is 0 Å². The molecule has 0 bridgehead atoms. The molecule has 0 amide bonds. The van der Waals surface area contributed by atoms with E-state index in [1.807, 2.05) is 18.3 Å². The number of hydrogen-bond acceptors (Lipinski definition) is 6. The maximum Gasteiger partial charge on any atom is 0.142 e. The summed E-state index contributed by atoms with van der Waals surface area (Å²) in [5, 5.41) is 4.64. The number of anilines is 1. The van der Waals surface area contributed by atoms with Gasteiger partial charge in [-0.25, -0.2) is 0 Å². The van der Waals surface area contributed by atoms with Crippen molar-refractivity contribution < 1.29 is 18.9 Å². The number of nitrogens with zero attached hydrogens (tertiary/aromatic N) is 1. The second-order valence-electron chi connectivity index (χ2n) is 10.7.